The van der Waals surface area contributed by atoms with E-state index in [4.69, 9.17) is 10.00 Å². The van der Waals surface area contributed by atoms with Gasteiger partial charge in [0.25, 0.3) is 10.0 Å². The Morgan fingerprint density at radius 3 is 2.23 bits per heavy atom. The van der Waals surface area contributed by atoms with Crippen molar-refractivity contribution >= 4 is 21.7 Å². The van der Waals surface area contributed by atoms with E-state index >= 15 is 0 Å². The molecule has 2 aromatic rings. The number of nitrogens with zero attached hydrogens (tertiary/aromatic N) is 1. The van der Waals surface area contributed by atoms with Crippen molar-refractivity contribution in [2.24, 2.45) is 0 Å². The van der Waals surface area contributed by atoms with Gasteiger partial charge in [0.15, 0.2) is 0 Å². The van der Waals surface area contributed by atoms with Crippen LogP contribution in [-0.2, 0) is 26.0 Å². The van der Waals surface area contributed by atoms with Gasteiger partial charge in [-0.3, -0.25) is 4.72 Å². The second-order valence-corrected chi connectivity index (χ2v) is 12.1. The van der Waals surface area contributed by atoms with E-state index in [1.807, 2.05) is 12.1 Å². The van der Waals surface area contributed by atoms with Crippen molar-refractivity contribution in [3.05, 3.63) is 71.0 Å². The van der Waals surface area contributed by atoms with Gasteiger partial charge in [0, 0.05) is 12.1 Å². The fraction of sp³-hybridized carbons (Fsp3) is 0.484. The van der Waals surface area contributed by atoms with E-state index in [2.05, 4.69) is 18.6 Å². The van der Waals surface area contributed by atoms with Gasteiger partial charge in [-0.25, -0.2) is 13.2 Å². The van der Waals surface area contributed by atoms with Gasteiger partial charge in [-0.2, -0.15) is 5.26 Å². The minimum absolute atomic E-state index is 0.0746. The monoisotopic (exact) mass is 552 g/mol. The molecule has 0 aromatic heterocycles. The number of rotatable bonds is 15. The highest BCUT2D eigenvalue weighted by Crippen LogP contribution is 2.38. The van der Waals surface area contributed by atoms with E-state index < -0.39 is 21.6 Å². The number of hydrogen-bond donors (Lipinski definition) is 2. The third-order valence-electron chi connectivity index (χ3n) is 7.23. The maximum absolute atomic E-state index is 13.0. The van der Waals surface area contributed by atoms with E-state index in [9.17, 15) is 18.3 Å². The van der Waals surface area contributed by atoms with Crippen molar-refractivity contribution in [2.45, 2.75) is 101 Å². The summed E-state index contributed by atoms with van der Waals surface area (Å²) in [4.78, 5) is 13.1. The smallest absolute Gasteiger partial charge is 0.337 e. The number of cyclic esters (lactones) is 1. The summed E-state index contributed by atoms with van der Waals surface area (Å²) in [6, 6.07) is 14.8. The summed E-state index contributed by atoms with van der Waals surface area (Å²) in [6.45, 7) is 4.29. The number of benzene rings is 2. The van der Waals surface area contributed by atoms with Crippen LogP contribution in [0.5, 0.6) is 0 Å². The molecule has 0 unspecified atom stereocenters. The Balaban J connectivity index is 1.62. The van der Waals surface area contributed by atoms with E-state index in [1.165, 1.54) is 24.3 Å². The van der Waals surface area contributed by atoms with Crippen LogP contribution in [0.15, 0.2) is 64.8 Å². The van der Waals surface area contributed by atoms with Gasteiger partial charge in [0.2, 0.25) is 0 Å². The molecule has 0 amide bonds. The molecular weight excluding hydrogens is 512 g/mol. The summed E-state index contributed by atoms with van der Waals surface area (Å²) in [5, 5.41) is 19.8. The Morgan fingerprint density at radius 1 is 0.974 bits per heavy atom. The van der Waals surface area contributed by atoms with Crippen LogP contribution in [0.3, 0.4) is 0 Å². The van der Waals surface area contributed by atoms with Gasteiger partial charge in [-0.05, 0) is 86.9 Å². The van der Waals surface area contributed by atoms with Gasteiger partial charge in [0.05, 0.1) is 22.1 Å². The Kier molecular flexibility index (Phi) is 11.0. The zero-order valence-electron chi connectivity index (χ0n) is 23.0. The number of nitriles is 1. The Hall–Kier alpha value is -3.31. The van der Waals surface area contributed by atoms with Crippen molar-refractivity contribution in [1.82, 2.24) is 0 Å². The van der Waals surface area contributed by atoms with Crippen LogP contribution in [-0.4, -0.2) is 25.1 Å². The lowest BCUT2D eigenvalue weighted by molar-refractivity contribution is -0.161. The number of carbonyl (C=O) groups excluding carboxylic acids is 1. The lowest BCUT2D eigenvalue weighted by Gasteiger charge is -2.37. The van der Waals surface area contributed by atoms with Gasteiger partial charge in [-0.15, -0.1) is 0 Å². The van der Waals surface area contributed by atoms with Gasteiger partial charge in [-0.1, -0.05) is 51.7 Å². The normalized spacial score (nSPS) is 15.1. The highest BCUT2D eigenvalue weighted by atomic mass is 32.2. The minimum Gasteiger partial charge on any atom is -0.512 e. The Labute approximate surface area is 232 Å². The predicted molar refractivity (Wildman–Crippen MR) is 153 cm³/mol. The molecule has 2 N–H and O–H groups in total. The number of aryl methyl sites for hydroxylation is 1. The van der Waals surface area contributed by atoms with Crippen molar-refractivity contribution in [3.63, 3.8) is 0 Å². The Morgan fingerprint density at radius 2 is 1.64 bits per heavy atom. The highest BCUT2D eigenvalue weighted by molar-refractivity contribution is 7.92. The van der Waals surface area contributed by atoms with Crippen LogP contribution in [0.4, 0.5) is 5.69 Å². The molecule has 7 nitrogen and oxygen atoms in total. The molecule has 8 heteroatoms. The number of nitrogens with one attached hydrogen (secondary N) is 1. The lowest BCUT2D eigenvalue weighted by Crippen LogP contribution is -2.40. The fourth-order valence-corrected chi connectivity index (χ4v) is 6.10. The number of hydrogen-bond acceptors (Lipinski definition) is 6. The van der Waals surface area contributed by atoms with Crippen molar-refractivity contribution < 1.29 is 23.1 Å². The number of unbranched alkanes of at least 4 members (excludes halogenated alkanes) is 4. The average molecular weight is 553 g/mol. The standard InChI is InChI=1S/C31H40N2O5S/c1-3-5-7-19-31(20-8-6-4-2)22-29(34)28(30(35)38-31)14-10-12-24-11-9-13-26(21-24)33-39(36,37)27-17-15-25(23-32)16-18-27/h9,11,13,15-18,21,33-34H,3-8,10,12,14,19-20,22H2,1-2H3. The third kappa shape index (κ3) is 8.59. The molecule has 0 saturated heterocycles. The van der Waals surface area contributed by atoms with Crippen LogP contribution >= 0.6 is 0 Å². The van der Waals surface area contributed by atoms with E-state index in [0.717, 1.165) is 56.9 Å². The van der Waals surface area contributed by atoms with Crippen molar-refractivity contribution in [3.8, 4) is 6.07 Å². The minimum atomic E-state index is -3.80. The third-order valence-corrected chi connectivity index (χ3v) is 8.63. The van der Waals surface area contributed by atoms with Crippen LogP contribution in [0.2, 0.25) is 0 Å². The first-order valence-corrected chi connectivity index (χ1v) is 15.5. The molecule has 0 bridgehead atoms. The second kappa shape index (κ2) is 14.2. The molecule has 39 heavy (non-hydrogen) atoms. The van der Waals surface area contributed by atoms with Crippen molar-refractivity contribution in [2.75, 3.05) is 4.72 Å². The molecule has 0 aliphatic carbocycles. The molecule has 1 aliphatic heterocycles. The zero-order valence-corrected chi connectivity index (χ0v) is 23.9. The SMILES string of the molecule is CCCCCC1(CCCCC)CC(O)=C(CCCc2cccc(NS(=O)(=O)c3ccc(C#N)cc3)c2)C(=O)O1. The average Bonchev–Trinajstić information content (AvgIpc) is 2.90. The summed E-state index contributed by atoms with van der Waals surface area (Å²) < 4.78 is 34.1. The van der Waals surface area contributed by atoms with Crippen LogP contribution in [0.25, 0.3) is 0 Å². The molecule has 0 atom stereocenters. The molecule has 0 fully saturated rings. The molecule has 0 radical (unpaired) electrons. The topological polar surface area (TPSA) is 116 Å². The molecule has 3 rings (SSSR count). The van der Waals surface area contributed by atoms with Crippen LogP contribution in [0, 0.1) is 11.3 Å². The number of carbonyl (C=O) groups is 1. The largest absolute Gasteiger partial charge is 0.512 e. The number of aliphatic hydroxyl groups is 1. The molecule has 210 valence electrons. The number of ether oxygens (including phenoxy) is 1. The van der Waals surface area contributed by atoms with Gasteiger partial charge in [0.1, 0.15) is 11.4 Å². The second-order valence-electron chi connectivity index (χ2n) is 10.4. The summed E-state index contributed by atoms with van der Waals surface area (Å²) in [6.07, 6.45) is 9.83. The van der Waals surface area contributed by atoms with Gasteiger partial charge >= 0.3 is 5.97 Å². The first kappa shape index (κ1) is 30.2. The summed E-state index contributed by atoms with van der Waals surface area (Å²) in [7, 11) is -3.80. The summed E-state index contributed by atoms with van der Waals surface area (Å²) in [5.74, 6) is -0.251. The fourth-order valence-electron chi connectivity index (χ4n) is 5.05. The highest BCUT2D eigenvalue weighted by Gasteiger charge is 2.40. The van der Waals surface area contributed by atoms with E-state index in [1.54, 1.807) is 18.2 Å². The first-order valence-electron chi connectivity index (χ1n) is 14.0. The molecule has 0 saturated carbocycles. The van der Waals surface area contributed by atoms with E-state index in [0.29, 0.717) is 42.5 Å². The molecule has 1 heterocycles. The summed E-state index contributed by atoms with van der Waals surface area (Å²) >= 11 is 0. The first-order chi connectivity index (χ1) is 18.7. The molecule has 0 spiro atoms. The van der Waals surface area contributed by atoms with Crippen LogP contribution in [0.1, 0.15) is 95.6 Å². The number of anilines is 1. The zero-order chi connectivity index (χ0) is 28.3. The quantitative estimate of drug-likeness (QED) is 0.176. The lowest BCUT2D eigenvalue weighted by atomic mass is 9.83. The number of sulfonamides is 1. The van der Waals surface area contributed by atoms with Crippen molar-refractivity contribution in [1.29, 1.82) is 5.26 Å². The molecule has 1 aliphatic rings. The predicted octanol–water partition coefficient (Wildman–Crippen LogP) is 7.34. The number of aliphatic hydroxyl groups excluding tert-OH is 1. The molecule has 2 aromatic carbocycles. The molecular formula is C31H40N2O5S. The van der Waals surface area contributed by atoms with Crippen LogP contribution < -0.4 is 4.72 Å². The number of esters is 1. The summed E-state index contributed by atoms with van der Waals surface area (Å²) in [5.41, 5.74) is 1.48. The maximum Gasteiger partial charge on any atom is 0.337 e. The Bertz CT molecular complexity index is 1280. The van der Waals surface area contributed by atoms with E-state index in [-0.39, 0.29) is 10.7 Å². The maximum atomic E-state index is 13.0. The van der Waals surface area contributed by atoms with Gasteiger partial charge < -0.3 is 9.84 Å².